The van der Waals surface area contributed by atoms with Crippen LogP contribution in [0.1, 0.15) is 11.8 Å². The van der Waals surface area contributed by atoms with Gasteiger partial charge in [-0.15, -0.1) is 0 Å². The van der Waals surface area contributed by atoms with E-state index in [4.69, 9.17) is 9.26 Å². The van der Waals surface area contributed by atoms with E-state index >= 15 is 0 Å². The average molecular weight is 499 g/mol. The minimum absolute atomic E-state index is 0.265. The maximum absolute atomic E-state index is 12.1. The number of anilines is 1. The first-order valence-corrected chi connectivity index (χ1v) is 13.5. The Kier molecular flexibility index (Phi) is 6.51. The zero-order valence-corrected chi connectivity index (χ0v) is 19.0. The zero-order chi connectivity index (χ0) is 23.8. The molecule has 1 fully saturated rings. The molecular formula is C18H22N5O8PS. The Labute approximate surface area is 188 Å². The Morgan fingerprint density at radius 3 is 2.61 bits per heavy atom. The number of ether oxygens (including phenoxy) is 1. The van der Waals surface area contributed by atoms with Gasteiger partial charge in [-0.3, -0.25) is 13.7 Å². The van der Waals surface area contributed by atoms with Gasteiger partial charge >= 0.3 is 7.60 Å². The van der Waals surface area contributed by atoms with Crippen molar-refractivity contribution in [2.45, 2.75) is 31.3 Å². The number of sulfone groups is 1. The van der Waals surface area contributed by atoms with Crippen molar-refractivity contribution in [2.24, 2.45) is 0 Å². The summed E-state index contributed by atoms with van der Waals surface area (Å²) in [7, 11) is -8.52. The fraction of sp³-hybridized carbons (Fsp3) is 0.389. The smallest absolute Gasteiger partial charge is 0.345 e. The van der Waals surface area contributed by atoms with E-state index in [-0.39, 0.29) is 5.65 Å². The van der Waals surface area contributed by atoms with Gasteiger partial charge in [0.2, 0.25) is 0 Å². The summed E-state index contributed by atoms with van der Waals surface area (Å²) in [5, 5.41) is 23.9. The Hall–Kier alpha value is -2.45. The molecule has 0 saturated carbocycles. The molecule has 3 aromatic rings. The number of hydrogen-bond donors (Lipinski definition) is 4. The molecule has 0 radical (unpaired) electrons. The first-order chi connectivity index (χ1) is 15.5. The van der Waals surface area contributed by atoms with E-state index in [1.165, 1.54) is 17.2 Å². The number of hydrogen-bond acceptors (Lipinski definition) is 11. The highest BCUT2D eigenvalue weighted by Gasteiger charge is 2.48. The lowest BCUT2D eigenvalue weighted by Crippen LogP contribution is -2.32. The maximum Gasteiger partial charge on any atom is 0.345 e. The summed E-state index contributed by atoms with van der Waals surface area (Å²) in [6.45, 7) is 0.475. The number of nitrogens with zero attached hydrogens (tertiary/aromatic N) is 4. The third-order valence-corrected chi connectivity index (χ3v) is 8.51. The fourth-order valence-corrected chi connectivity index (χ4v) is 6.50. The molecular weight excluding hydrogens is 477 g/mol. The van der Waals surface area contributed by atoms with Gasteiger partial charge in [-0.25, -0.2) is 23.4 Å². The topological polar surface area (TPSA) is 186 Å². The van der Waals surface area contributed by atoms with Crippen LogP contribution in [0.3, 0.4) is 0 Å². The monoisotopic (exact) mass is 499 g/mol. The summed E-state index contributed by atoms with van der Waals surface area (Å²) in [6, 6.07) is 9.61. The SMILES string of the molecule is CS(=O)(=O)CP(=O)(O)O[C@@H]1O[C@@H](n2cnc3c(NCc4ccccc4)ncnc32)[C@H](O)[C@@H]1O. The molecule has 178 valence electrons. The largest absolute Gasteiger partial charge is 0.385 e. The molecule has 33 heavy (non-hydrogen) atoms. The number of nitrogens with one attached hydrogen (secondary N) is 1. The molecule has 1 unspecified atom stereocenters. The number of imidazole rings is 1. The van der Waals surface area contributed by atoms with Crippen molar-refractivity contribution in [3.05, 3.63) is 48.5 Å². The van der Waals surface area contributed by atoms with E-state index in [0.717, 1.165) is 11.8 Å². The molecule has 5 atom stereocenters. The second-order valence-electron chi connectivity index (χ2n) is 7.56. The Morgan fingerprint density at radius 1 is 1.18 bits per heavy atom. The summed E-state index contributed by atoms with van der Waals surface area (Å²) in [4.78, 5) is 22.4. The van der Waals surface area contributed by atoms with Crippen LogP contribution in [0.5, 0.6) is 0 Å². The number of rotatable bonds is 8. The van der Waals surface area contributed by atoms with E-state index in [9.17, 15) is 28.1 Å². The third-order valence-electron chi connectivity index (χ3n) is 4.80. The average Bonchev–Trinajstić information content (AvgIpc) is 3.28. The van der Waals surface area contributed by atoms with E-state index in [2.05, 4.69) is 20.3 Å². The third kappa shape index (κ3) is 5.38. The molecule has 2 aromatic heterocycles. The maximum atomic E-state index is 12.1. The second-order valence-corrected chi connectivity index (χ2v) is 11.9. The van der Waals surface area contributed by atoms with Crippen molar-refractivity contribution < 1.29 is 37.3 Å². The molecule has 0 aliphatic carbocycles. The fourth-order valence-electron chi connectivity index (χ4n) is 3.38. The zero-order valence-electron chi connectivity index (χ0n) is 17.3. The summed E-state index contributed by atoms with van der Waals surface area (Å²) >= 11 is 0. The first kappa shape index (κ1) is 23.7. The molecule has 4 rings (SSSR count). The van der Waals surface area contributed by atoms with Gasteiger partial charge < -0.3 is 25.2 Å². The molecule has 0 bridgehead atoms. The van der Waals surface area contributed by atoms with Gasteiger partial charge in [0.1, 0.15) is 18.5 Å². The van der Waals surface area contributed by atoms with Crippen LogP contribution in [0.4, 0.5) is 5.82 Å². The quantitative estimate of drug-likeness (QED) is 0.309. The predicted octanol–water partition coefficient (Wildman–Crippen LogP) is 0.219. The summed E-state index contributed by atoms with van der Waals surface area (Å²) in [5.41, 5.74) is 0.489. The Bertz CT molecular complexity index is 1290. The number of fused-ring (bicyclic) bond motifs is 1. The van der Waals surface area contributed by atoms with Crippen molar-refractivity contribution in [1.29, 1.82) is 0 Å². The van der Waals surface area contributed by atoms with Crippen LogP contribution in [-0.4, -0.2) is 73.3 Å². The van der Waals surface area contributed by atoms with E-state index < -0.39 is 47.7 Å². The number of aromatic nitrogens is 4. The Balaban J connectivity index is 1.54. The lowest BCUT2D eigenvalue weighted by atomic mass is 10.2. The van der Waals surface area contributed by atoms with Crippen LogP contribution in [0.25, 0.3) is 11.2 Å². The number of aliphatic hydroxyl groups is 2. The van der Waals surface area contributed by atoms with Crippen LogP contribution < -0.4 is 5.32 Å². The minimum Gasteiger partial charge on any atom is -0.385 e. The normalized spacial score (nSPS) is 25.2. The van der Waals surface area contributed by atoms with E-state index in [1.807, 2.05) is 30.3 Å². The van der Waals surface area contributed by atoms with Crippen molar-refractivity contribution in [3.63, 3.8) is 0 Å². The molecule has 4 N–H and O–H groups in total. The highest BCUT2D eigenvalue weighted by atomic mass is 32.2. The highest BCUT2D eigenvalue weighted by Crippen LogP contribution is 2.47. The van der Waals surface area contributed by atoms with Crippen LogP contribution in [-0.2, 0) is 30.2 Å². The number of aliphatic hydroxyl groups excluding tert-OH is 2. The van der Waals surface area contributed by atoms with Crippen LogP contribution in [0, 0.1) is 0 Å². The number of benzene rings is 1. The van der Waals surface area contributed by atoms with E-state index in [1.54, 1.807) is 0 Å². The van der Waals surface area contributed by atoms with Crippen LogP contribution in [0.15, 0.2) is 43.0 Å². The van der Waals surface area contributed by atoms with Crippen molar-refractivity contribution in [3.8, 4) is 0 Å². The van der Waals surface area contributed by atoms with Crippen molar-refractivity contribution >= 4 is 34.4 Å². The Morgan fingerprint density at radius 2 is 1.91 bits per heavy atom. The van der Waals surface area contributed by atoms with Gasteiger partial charge in [0.15, 0.2) is 44.8 Å². The second kappa shape index (κ2) is 9.06. The van der Waals surface area contributed by atoms with Crippen LogP contribution >= 0.6 is 7.60 Å². The molecule has 1 aliphatic heterocycles. The van der Waals surface area contributed by atoms with Gasteiger partial charge in [-0.05, 0) is 5.56 Å². The van der Waals surface area contributed by atoms with Crippen LogP contribution in [0.2, 0.25) is 0 Å². The summed E-state index contributed by atoms with van der Waals surface area (Å²) in [5.74, 6) is 0.427. The highest BCUT2D eigenvalue weighted by molar-refractivity contribution is 7.96. The van der Waals surface area contributed by atoms with Gasteiger partial charge in [-0.1, -0.05) is 30.3 Å². The molecule has 1 saturated heterocycles. The first-order valence-electron chi connectivity index (χ1n) is 9.69. The molecule has 15 heteroatoms. The standard InChI is InChI=1S/C18H22N5O8PS/c1-33(28,29)10-32(26,27)31-18-14(25)13(24)17(30-18)23-9-22-12-15(20-8-21-16(12)23)19-7-11-5-3-2-4-6-11/h2-6,8-9,13-14,17-18,24-25H,7,10H2,1H3,(H,26,27)(H,19,20,21)/t13-,14+,17-,18+/m1/s1. The van der Waals surface area contributed by atoms with Gasteiger partial charge in [-0.2, -0.15) is 0 Å². The molecule has 0 spiro atoms. The van der Waals surface area contributed by atoms with Gasteiger partial charge in [0.05, 0.1) is 6.33 Å². The summed E-state index contributed by atoms with van der Waals surface area (Å²) in [6.07, 6.45) is -2.98. The van der Waals surface area contributed by atoms with Crippen molar-refractivity contribution in [2.75, 3.05) is 17.1 Å². The lowest BCUT2D eigenvalue weighted by Gasteiger charge is -2.19. The van der Waals surface area contributed by atoms with Gasteiger partial charge in [0.25, 0.3) is 0 Å². The van der Waals surface area contributed by atoms with E-state index in [0.29, 0.717) is 17.9 Å². The molecule has 3 heterocycles. The van der Waals surface area contributed by atoms with Gasteiger partial charge in [0, 0.05) is 12.8 Å². The summed E-state index contributed by atoms with van der Waals surface area (Å²) < 4.78 is 46.4. The molecule has 13 nitrogen and oxygen atoms in total. The lowest BCUT2D eigenvalue weighted by molar-refractivity contribution is -0.128. The van der Waals surface area contributed by atoms with Crippen molar-refractivity contribution in [1.82, 2.24) is 19.5 Å². The molecule has 1 aliphatic rings. The minimum atomic E-state index is -4.67. The molecule has 0 amide bonds. The molecule has 1 aromatic carbocycles. The predicted molar refractivity (Wildman–Crippen MR) is 116 cm³/mol.